The molecule has 1 aromatic heterocycles. The molecular formula is C11H14ClN3O3S. The minimum atomic E-state index is -3.64. The van der Waals surface area contributed by atoms with Crippen molar-refractivity contribution < 1.29 is 13.2 Å². The Labute approximate surface area is 117 Å². The Bertz CT molecular complexity index is 583. The Kier molecular flexibility index (Phi) is 4.07. The Balaban J connectivity index is 2.19. The van der Waals surface area contributed by atoms with Crippen LogP contribution in [0.1, 0.15) is 6.92 Å². The first-order valence-electron chi connectivity index (χ1n) is 5.79. The molecule has 0 N–H and O–H groups in total. The van der Waals surface area contributed by atoms with Gasteiger partial charge in [0.1, 0.15) is 10.0 Å². The molecule has 1 saturated heterocycles. The SMILES string of the molecule is CC(=O)N1CCN(S(=O)(=O)c2cccnc2Cl)CC1. The van der Waals surface area contributed by atoms with Gasteiger partial charge in [-0.15, -0.1) is 0 Å². The molecule has 0 aliphatic carbocycles. The molecule has 104 valence electrons. The van der Waals surface area contributed by atoms with Crippen molar-refractivity contribution >= 4 is 27.5 Å². The van der Waals surface area contributed by atoms with Crippen LogP contribution in [0.4, 0.5) is 0 Å². The number of halogens is 1. The molecule has 0 unspecified atom stereocenters. The molecule has 19 heavy (non-hydrogen) atoms. The quantitative estimate of drug-likeness (QED) is 0.750. The molecule has 1 aliphatic rings. The number of hydrogen-bond donors (Lipinski definition) is 0. The molecule has 8 heteroatoms. The highest BCUT2D eigenvalue weighted by atomic mass is 35.5. The average molecular weight is 304 g/mol. The van der Waals surface area contributed by atoms with E-state index >= 15 is 0 Å². The van der Waals surface area contributed by atoms with Crippen molar-refractivity contribution in [3.8, 4) is 0 Å². The highest BCUT2D eigenvalue weighted by Crippen LogP contribution is 2.23. The third kappa shape index (κ3) is 2.88. The maximum atomic E-state index is 12.4. The van der Waals surface area contributed by atoms with Crippen LogP contribution in [0.3, 0.4) is 0 Å². The van der Waals surface area contributed by atoms with E-state index in [1.165, 1.54) is 29.6 Å². The first kappa shape index (κ1) is 14.2. The third-order valence-electron chi connectivity index (χ3n) is 3.03. The Hall–Kier alpha value is -1.18. The van der Waals surface area contributed by atoms with Gasteiger partial charge >= 0.3 is 0 Å². The summed E-state index contributed by atoms with van der Waals surface area (Å²) in [4.78, 5) is 16.6. The van der Waals surface area contributed by atoms with E-state index in [4.69, 9.17) is 11.6 Å². The lowest BCUT2D eigenvalue weighted by molar-refractivity contribution is -0.129. The van der Waals surface area contributed by atoms with E-state index in [9.17, 15) is 13.2 Å². The fourth-order valence-corrected chi connectivity index (χ4v) is 3.80. The van der Waals surface area contributed by atoms with Gasteiger partial charge in [-0.25, -0.2) is 13.4 Å². The molecule has 1 aliphatic heterocycles. The van der Waals surface area contributed by atoms with Crippen LogP contribution in [-0.2, 0) is 14.8 Å². The molecule has 1 aromatic rings. The third-order valence-corrected chi connectivity index (χ3v) is 5.37. The van der Waals surface area contributed by atoms with Gasteiger partial charge in [-0.05, 0) is 12.1 Å². The van der Waals surface area contributed by atoms with E-state index in [-0.39, 0.29) is 29.0 Å². The lowest BCUT2D eigenvalue weighted by Gasteiger charge is -2.33. The van der Waals surface area contributed by atoms with E-state index in [1.807, 2.05) is 0 Å². The van der Waals surface area contributed by atoms with Gasteiger partial charge in [-0.3, -0.25) is 4.79 Å². The topological polar surface area (TPSA) is 70.6 Å². The highest BCUT2D eigenvalue weighted by Gasteiger charge is 2.30. The minimum absolute atomic E-state index is 0.00735. The number of rotatable bonds is 2. The number of nitrogens with zero attached hydrogens (tertiary/aromatic N) is 3. The molecule has 1 fully saturated rings. The second-order valence-corrected chi connectivity index (χ2v) is 6.47. The summed E-state index contributed by atoms with van der Waals surface area (Å²) in [6.07, 6.45) is 1.44. The number of carbonyl (C=O) groups is 1. The largest absolute Gasteiger partial charge is 0.340 e. The highest BCUT2D eigenvalue weighted by molar-refractivity contribution is 7.89. The maximum absolute atomic E-state index is 12.4. The van der Waals surface area contributed by atoms with Crippen molar-refractivity contribution in [1.82, 2.24) is 14.2 Å². The first-order chi connectivity index (χ1) is 8.93. The number of pyridine rings is 1. The summed E-state index contributed by atoms with van der Waals surface area (Å²) < 4.78 is 26.1. The summed E-state index contributed by atoms with van der Waals surface area (Å²) in [5, 5.41) is -0.0310. The van der Waals surface area contributed by atoms with Crippen LogP contribution in [0.5, 0.6) is 0 Å². The molecular weight excluding hydrogens is 290 g/mol. The Morgan fingerprint density at radius 1 is 1.32 bits per heavy atom. The zero-order valence-corrected chi connectivity index (χ0v) is 12.0. The van der Waals surface area contributed by atoms with Crippen molar-refractivity contribution in [3.05, 3.63) is 23.5 Å². The summed E-state index contributed by atoms with van der Waals surface area (Å²) >= 11 is 5.83. The Morgan fingerprint density at radius 2 is 1.95 bits per heavy atom. The lowest BCUT2D eigenvalue weighted by Crippen LogP contribution is -2.49. The molecule has 1 amide bonds. The van der Waals surface area contributed by atoms with Crippen LogP contribution in [0.25, 0.3) is 0 Å². The number of hydrogen-bond acceptors (Lipinski definition) is 4. The lowest BCUT2D eigenvalue weighted by atomic mass is 10.3. The van der Waals surface area contributed by atoms with E-state index in [1.54, 1.807) is 4.90 Å². The first-order valence-corrected chi connectivity index (χ1v) is 7.61. The summed E-state index contributed by atoms with van der Waals surface area (Å²) in [7, 11) is -3.64. The molecule has 0 radical (unpaired) electrons. The summed E-state index contributed by atoms with van der Waals surface area (Å²) in [6, 6.07) is 2.96. The zero-order chi connectivity index (χ0) is 14.0. The van der Waals surface area contributed by atoms with Crippen LogP contribution in [0, 0.1) is 0 Å². The van der Waals surface area contributed by atoms with E-state index in [0.29, 0.717) is 13.1 Å². The predicted octanol–water partition coefficient (Wildman–Crippen LogP) is 0.588. The van der Waals surface area contributed by atoms with E-state index < -0.39 is 10.0 Å². The Morgan fingerprint density at radius 3 is 2.47 bits per heavy atom. The molecule has 6 nitrogen and oxygen atoms in total. The van der Waals surface area contributed by atoms with Gasteiger partial charge in [0.2, 0.25) is 15.9 Å². The molecule has 2 rings (SSSR count). The second-order valence-electron chi connectivity index (χ2n) is 4.20. The molecule has 0 bridgehead atoms. The van der Waals surface area contributed by atoms with Crippen molar-refractivity contribution in [1.29, 1.82) is 0 Å². The summed E-state index contributed by atoms with van der Waals surface area (Å²) in [5.74, 6) is -0.0449. The summed E-state index contributed by atoms with van der Waals surface area (Å²) in [5.41, 5.74) is 0. The maximum Gasteiger partial charge on any atom is 0.246 e. The van der Waals surface area contributed by atoms with Gasteiger partial charge < -0.3 is 4.90 Å². The second kappa shape index (κ2) is 5.44. The number of amides is 1. The normalized spacial score (nSPS) is 17.5. The van der Waals surface area contributed by atoms with Crippen LogP contribution in [0.15, 0.2) is 23.2 Å². The van der Waals surface area contributed by atoms with Crippen LogP contribution < -0.4 is 0 Å². The van der Waals surface area contributed by atoms with Crippen molar-refractivity contribution in [3.63, 3.8) is 0 Å². The van der Waals surface area contributed by atoms with Gasteiger partial charge in [0, 0.05) is 39.3 Å². The van der Waals surface area contributed by atoms with E-state index in [0.717, 1.165) is 0 Å². The zero-order valence-electron chi connectivity index (χ0n) is 10.4. The van der Waals surface area contributed by atoms with Gasteiger partial charge in [0.15, 0.2) is 0 Å². The molecule has 2 heterocycles. The predicted molar refractivity (Wildman–Crippen MR) is 70.3 cm³/mol. The fourth-order valence-electron chi connectivity index (χ4n) is 1.95. The van der Waals surface area contributed by atoms with Crippen molar-refractivity contribution in [2.75, 3.05) is 26.2 Å². The van der Waals surface area contributed by atoms with Gasteiger partial charge in [-0.1, -0.05) is 11.6 Å². The van der Waals surface area contributed by atoms with Gasteiger partial charge in [-0.2, -0.15) is 4.31 Å². The monoisotopic (exact) mass is 303 g/mol. The number of sulfonamides is 1. The van der Waals surface area contributed by atoms with Gasteiger partial charge in [0.25, 0.3) is 0 Å². The van der Waals surface area contributed by atoms with Gasteiger partial charge in [0.05, 0.1) is 0 Å². The smallest absolute Gasteiger partial charge is 0.246 e. The summed E-state index contributed by atoms with van der Waals surface area (Å²) in [6.45, 7) is 2.81. The molecule has 0 spiro atoms. The number of piperazine rings is 1. The molecule has 0 atom stereocenters. The average Bonchev–Trinajstić information content (AvgIpc) is 2.39. The fraction of sp³-hybridized carbons (Fsp3) is 0.455. The minimum Gasteiger partial charge on any atom is -0.340 e. The van der Waals surface area contributed by atoms with Crippen LogP contribution in [0.2, 0.25) is 5.15 Å². The van der Waals surface area contributed by atoms with Crippen molar-refractivity contribution in [2.45, 2.75) is 11.8 Å². The number of aromatic nitrogens is 1. The standard InChI is InChI=1S/C11H14ClN3O3S/c1-9(16)14-5-7-15(8-6-14)19(17,18)10-3-2-4-13-11(10)12/h2-4H,5-8H2,1H3. The molecule has 0 aromatic carbocycles. The van der Waals surface area contributed by atoms with E-state index in [2.05, 4.69) is 4.98 Å². The molecule has 0 saturated carbocycles. The van der Waals surface area contributed by atoms with Crippen LogP contribution in [-0.4, -0.2) is 54.7 Å². The van der Waals surface area contributed by atoms with Crippen molar-refractivity contribution in [2.24, 2.45) is 0 Å². The number of carbonyl (C=O) groups excluding carboxylic acids is 1. The van der Waals surface area contributed by atoms with Crippen LogP contribution >= 0.6 is 11.6 Å².